The average Bonchev–Trinajstić information content (AvgIpc) is 2.47. The number of aromatic nitrogens is 1. The molecular weight excluding hydrogens is 292 g/mol. The quantitative estimate of drug-likeness (QED) is 0.745. The standard InChI is InChI=1S/C13H13N3O3S.H3N/c17-13(15-9-10-2-1-7-14-8-10)16-11-3-5-12(6-4-11)20(18)19;/h1-8H,9H2,(H,18,19)(H2,15,16,17);1H3. The lowest BCUT2D eigenvalue weighted by molar-refractivity contribution is 0.251. The Morgan fingerprint density at radius 3 is 2.52 bits per heavy atom. The topological polar surface area (TPSA) is 131 Å². The van der Waals surface area contributed by atoms with E-state index in [2.05, 4.69) is 15.6 Å². The van der Waals surface area contributed by atoms with E-state index < -0.39 is 11.1 Å². The molecule has 112 valence electrons. The van der Waals surface area contributed by atoms with Gasteiger partial charge in [0.25, 0.3) is 0 Å². The Kier molecular flexibility index (Phi) is 6.47. The first kappa shape index (κ1) is 16.8. The minimum atomic E-state index is -2.26. The van der Waals surface area contributed by atoms with Crippen LogP contribution in [0, 0.1) is 0 Å². The van der Waals surface area contributed by atoms with Gasteiger partial charge < -0.3 is 21.3 Å². The van der Waals surface area contributed by atoms with Gasteiger partial charge >= 0.3 is 6.03 Å². The summed E-state index contributed by atoms with van der Waals surface area (Å²) in [6.07, 6.45) is 3.32. The molecule has 0 aliphatic heterocycles. The Balaban J connectivity index is 0.00000220. The van der Waals surface area contributed by atoms with E-state index in [1.54, 1.807) is 18.5 Å². The number of anilines is 1. The SMILES string of the molecule is O=C(NCc1cccnc1)Nc1ccc(S(=O)[O-])cc1.[NH4+]. The Morgan fingerprint density at radius 1 is 1.24 bits per heavy atom. The van der Waals surface area contributed by atoms with Gasteiger partial charge in [0.1, 0.15) is 0 Å². The zero-order valence-electron chi connectivity index (χ0n) is 11.4. The third kappa shape index (κ3) is 5.30. The fourth-order valence-electron chi connectivity index (χ4n) is 1.51. The van der Waals surface area contributed by atoms with Crippen molar-refractivity contribution in [1.29, 1.82) is 0 Å². The van der Waals surface area contributed by atoms with E-state index in [1.165, 1.54) is 24.3 Å². The molecule has 2 amide bonds. The van der Waals surface area contributed by atoms with Crippen LogP contribution in [-0.2, 0) is 17.6 Å². The van der Waals surface area contributed by atoms with E-state index in [0.717, 1.165) is 5.56 Å². The van der Waals surface area contributed by atoms with Crippen molar-refractivity contribution in [1.82, 2.24) is 16.5 Å². The largest absolute Gasteiger partial charge is 0.768 e. The molecule has 7 nitrogen and oxygen atoms in total. The first-order valence-corrected chi connectivity index (χ1v) is 6.86. The number of carbonyl (C=O) groups excluding carboxylic acids is 1. The van der Waals surface area contributed by atoms with Crippen LogP contribution in [0.4, 0.5) is 10.5 Å². The highest BCUT2D eigenvalue weighted by atomic mass is 32.2. The van der Waals surface area contributed by atoms with Gasteiger partial charge in [0.2, 0.25) is 0 Å². The highest BCUT2D eigenvalue weighted by Crippen LogP contribution is 2.11. The molecule has 0 saturated heterocycles. The molecule has 0 fully saturated rings. The normalized spacial score (nSPS) is 11.1. The fraction of sp³-hybridized carbons (Fsp3) is 0.0769. The molecule has 1 atom stereocenters. The van der Waals surface area contributed by atoms with Crippen molar-refractivity contribution in [3.8, 4) is 0 Å². The zero-order valence-corrected chi connectivity index (χ0v) is 12.2. The molecule has 1 unspecified atom stereocenters. The van der Waals surface area contributed by atoms with Crippen LogP contribution in [0.2, 0.25) is 0 Å². The van der Waals surface area contributed by atoms with E-state index in [1.807, 2.05) is 6.07 Å². The lowest BCUT2D eigenvalue weighted by Gasteiger charge is -2.09. The van der Waals surface area contributed by atoms with Crippen LogP contribution in [0.5, 0.6) is 0 Å². The summed E-state index contributed by atoms with van der Waals surface area (Å²) < 4.78 is 21.4. The van der Waals surface area contributed by atoms with Gasteiger partial charge in [-0.3, -0.25) is 9.19 Å². The Labute approximate surface area is 124 Å². The Hall–Kier alpha value is -2.29. The lowest BCUT2D eigenvalue weighted by atomic mass is 10.3. The van der Waals surface area contributed by atoms with Gasteiger partial charge in [-0.15, -0.1) is 0 Å². The minimum absolute atomic E-state index is 0. The second-order valence-electron chi connectivity index (χ2n) is 3.93. The van der Waals surface area contributed by atoms with Gasteiger partial charge in [-0.05, 0) is 47.0 Å². The molecule has 2 rings (SSSR count). The van der Waals surface area contributed by atoms with E-state index in [9.17, 15) is 13.6 Å². The van der Waals surface area contributed by atoms with Crippen LogP contribution in [-0.4, -0.2) is 19.8 Å². The summed E-state index contributed by atoms with van der Waals surface area (Å²) in [5.74, 6) is 0. The number of rotatable bonds is 4. The number of amides is 2. The van der Waals surface area contributed by atoms with E-state index in [4.69, 9.17) is 0 Å². The number of nitrogens with zero attached hydrogens (tertiary/aromatic N) is 1. The van der Waals surface area contributed by atoms with Gasteiger partial charge in [-0.25, -0.2) is 4.79 Å². The number of benzene rings is 1. The Bertz CT molecular complexity index is 605. The monoisotopic (exact) mass is 308 g/mol. The molecule has 0 bridgehead atoms. The summed E-state index contributed by atoms with van der Waals surface area (Å²) in [5.41, 5.74) is 1.41. The van der Waals surface area contributed by atoms with Gasteiger partial charge in [0.05, 0.1) is 0 Å². The number of nitrogens with one attached hydrogen (secondary N) is 2. The van der Waals surface area contributed by atoms with Crippen LogP contribution >= 0.6 is 0 Å². The van der Waals surface area contributed by atoms with Crippen molar-refractivity contribution >= 4 is 22.8 Å². The number of pyridine rings is 1. The van der Waals surface area contributed by atoms with Gasteiger partial charge in [-0.2, -0.15) is 0 Å². The molecular formula is C13H16N4O3S. The summed E-state index contributed by atoms with van der Waals surface area (Å²) in [5, 5.41) is 5.28. The molecule has 0 spiro atoms. The van der Waals surface area contributed by atoms with Crippen LogP contribution in [0.3, 0.4) is 0 Å². The molecule has 21 heavy (non-hydrogen) atoms. The molecule has 2 aromatic rings. The predicted molar refractivity (Wildman–Crippen MR) is 79.7 cm³/mol. The van der Waals surface area contributed by atoms with Gasteiger partial charge in [0.15, 0.2) is 0 Å². The Morgan fingerprint density at radius 2 is 1.95 bits per heavy atom. The van der Waals surface area contributed by atoms with Gasteiger partial charge in [0, 0.05) is 29.5 Å². The maximum absolute atomic E-state index is 11.6. The van der Waals surface area contributed by atoms with Crippen molar-refractivity contribution in [2.24, 2.45) is 0 Å². The van der Waals surface area contributed by atoms with Gasteiger partial charge in [-0.1, -0.05) is 6.07 Å². The number of carbonyl (C=O) groups is 1. The lowest BCUT2D eigenvalue weighted by Crippen LogP contribution is -2.28. The second kappa shape index (κ2) is 8.10. The molecule has 1 heterocycles. The molecule has 0 radical (unpaired) electrons. The summed E-state index contributed by atoms with van der Waals surface area (Å²) in [6, 6.07) is 9.15. The maximum atomic E-state index is 11.6. The number of quaternary nitrogens is 1. The van der Waals surface area contributed by atoms with Crippen LogP contribution < -0.4 is 16.8 Å². The van der Waals surface area contributed by atoms with E-state index in [0.29, 0.717) is 12.2 Å². The first-order valence-electron chi connectivity index (χ1n) is 5.78. The minimum Gasteiger partial charge on any atom is -0.768 e. The summed E-state index contributed by atoms with van der Waals surface area (Å²) in [4.78, 5) is 15.8. The molecule has 0 aliphatic carbocycles. The molecule has 8 heteroatoms. The number of hydrogen-bond acceptors (Lipinski definition) is 4. The van der Waals surface area contributed by atoms with E-state index >= 15 is 0 Å². The van der Waals surface area contributed by atoms with Crippen molar-refractivity contribution in [2.75, 3.05) is 5.32 Å². The first-order chi connectivity index (χ1) is 9.65. The average molecular weight is 308 g/mol. The van der Waals surface area contributed by atoms with Crippen molar-refractivity contribution < 1.29 is 13.6 Å². The smallest absolute Gasteiger partial charge is 0.319 e. The predicted octanol–water partition coefficient (Wildman–Crippen LogP) is 2.02. The molecule has 6 N–H and O–H groups in total. The van der Waals surface area contributed by atoms with Crippen LogP contribution in [0.25, 0.3) is 0 Å². The zero-order chi connectivity index (χ0) is 14.4. The highest BCUT2D eigenvalue weighted by molar-refractivity contribution is 7.79. The van der Waals surface area contributed by atoms with Crippen molar-refractivity contribution in [2.45, 2.75) is 11.4 Å². The summed E-state index contributed by atoms with van der Waals surface area (Å²) >= 11 is -2.26. The number of hydrogen-bond donors (Lipinski definition) is 3. The van der Waals surface area contributed by atoms with E-state index in [-0.39, 0.29) is 17.1 Å². The van der Waals surface area contributed by atoms with Crippen molar-refractivity contribution in [3.63, 3.8) is 0 Å². The highest BCUT2D eigenvalue weighted by Gasteiger charge is 2.02. The molecule has 0 aliphatic rings. The molecule has 0 saturated carbocycles. The second-order valence-corrected chi connectivity index (χ2v) is 4.87. The molecule has 1 aromatic heterocycles. The van der Waals surface area contributed by atoms with Crippen LogP contribution in [0.1, 0.15) is 5.56 Å². The summed E-state index contributed by atoms with van der Waals surface area (Å²) in [7, 11) is 0. The fourth-order valence-corrected chi connectivity index (χ4v) is 1.87. The third-order valence-electron chi connectivity index (χ3n) is 2.48. The maximum Gasteiger partial charge on any atom is 0.319 e. The van der Waals surface area contributed by atoms with Crippen LogP contribution in [0.15, 0.2) is 53.7 Å². The molecule has 1 aromatic carbocycles. The summed E-state index contributed by atoms with van der Waals surface area (Å²) in [6.45, 7) is 0.363. The van der Waals surface area contributed by atoms with Crippen molar-refractivity contribution in [3.05, 3.63) is 54.4 Å². The third-order valence-corrected chi connectivity index (χ3v) is 3.14. The number of urea groups is 1.